The normalized spacial score (nSPS) is 23.0. The number of aliphatic imine (C=N–C) groups is 1. The molecule has 0 radical (unpaired) electrons. The van der Waals surface area contributed by atoms with Crippen molar-refractivity contribution in [2.45, 2.75) is 18.4 Å². The van der Waals surface area contributed by atoms with Gasteiger partial charge in [-0.3, -0.25) is 4.79 Å². The number of pyridine rings is 1. The van der Waals surface area contributed by atoms with Gasteiger partial charge in [-0.2, -0.15) is 13.2 Å². The predicted octanol–water partition coefficient (Wildman–Crippen LogP) is 4.46. The molecule has 4 aromatic rings. The van der Waals surface area contributed by atoms with E-state index in [1.807, 2.05) is 53.4 Å². The number of nitrogens with one attached hydrogen (secondary N) is 2. The molecule has 214 valence electrons. The van der Waals surface area contributed by atoms with Gasteiger partial charge in [0.05, 0.1) is 28.8 Å². The lowest BCUT2D eigenvalue weighted by Gasteiger charge is -2.24. The average Bonchev–Trinajstić information content (AvgIpc) is 3.27. The Morgan fingerprint density at radius 1 is 1.05 bits per heavy atom. The summed E-state index contributed by atoms with van der Waals surface area (Å²) in [6.45, 7) is 1.05. The summed E-state index contributed by atoms with van der Waals surface area (Å²) in [4.78, 5) is 23.8. The van der Waals surface area contributed by atoms with Gasteiger partial charge in [-0.1, -0.05) is 53.6 Å². The fourth-order valence-electron chi connectivity index (χ4n) is 5.71. The zero-order valence-corrected chi connectivity index (χ0v) is 22.2. The zero-order chi connectivity index (χ0) is 29.0. The molecule has 3 aliphatic rings. The van der Waals surface area contributed by atoms with Crippen LogP contribution in [-0.2, 0) is 15.7 Å². The summed E-state index contributed by atoms with van der Waals surface area (Å²) in [7, 11) is 1.64. The summed E-state index contributed by atoms with van der Waals surface area (Å²) in [6, 6.07) is 17.7. The number of methoxy groups -OCH3 is 1. The van der Waals surface area contributed by atoms with E-state index in [0.29, 0.717) is 24.5 Å². The van der Waals surface area contributed by atoms with Crippen molar-refractivity contribution in [1.29, 1.82) is 0 Å². The quantitative estimate of drug-likeness (QED) is 0.346. The Labute approximate surface area is 237 Å². The lowest BCUT2D eigenvalue weighted by Crippen LogP contribution is -2.32. The van der Waals surface area contributed by atoms with Gasteiger partial charge in [0.15, 0.2) is 5.69 Å². The third-order valence-electron chi connectivity index (χ3n) is 7.80. The number of amides is 1. The number of halogens is 3. The van der Waals surface area contributed by atoms with Crippen LogP contribution in [0, 0.1) is 11.8 Å². The third-order valence-corrected chi connectivity index (χ3v) is 7.80. The number of para-hydroxylation sites is 1. The molecule has 42 heavy (non-hydrogen) atoms. The van der Waals surface area contributed by atoms with Crippen molar-refractivity contribution < 1.29 is 27.1 Å². The number of alkyl halides is 3. The molecule has 2 unspecified atom stereocenters. The first-order valence-electron chi connectivity index (χ1n) is 13.3. The number of fused-ring (bicyclic) bond motifs is 2. The van der Waals surface area contributed by atoms with Crippen molar-refractivity contribution in [1.82, 2.24) is 15.2 Å². The molecule has 2 aromatic heterocycles. The number of anilines is 3. The van der Waals surface area contributed by atoms with Crippen LogP contribution in [0.4, 0.5) is 30.6 Å². The van der Waals surface area contributed by atoms with Gasteiger partial charge >= 0.3 is 12.2 Å². The Bertz CT molecular complexity index is 1680. The molecule has 2 fully saturated rings. The van der Waals surface area contributed by atoms with Crippen LogP contribution in [0.25, 0.3) is 11.6 Å². The van der Waals surface area contributed by atoms with E-state index in [9.17, 15) is 18.0 Å². The minimum absolute atomic E-state index is 0.0883. The van der Waals surface area contributed by atoms with Crippen molar-refractivity contribution in [3.05, 3.63) is 83.6 Å². The summed E-state index contributed by atoms with van der Waals surface area (Å²) >= 11 is 0. The number of hydrogen-bond acceptors (Lipinski definition) is 9. The number of piperidine rings is 1. The van der Waals surface area contributed by atoms with Crippen LogP contribution in [0.2, 0.25) is 0 Å². The second-order valence-corrected chi connectivity index (χ2v) is 10.4. The lowest BCUT2D eigenvalue weighted by atomic mass is 10.0. The second-order valence-electron chi connectivity index (χ2n) is 10.4. The molecular weight excluding hydrogens is 551 g/mol. The maximum atomic E-state index is 13.6. The molecule has 2 aliphatic heterocycles. The van der Waals surface area contributed by atoms with Crippen molar-refractivity contribution in [3.63, 3.8) is 0 Å². The minimum atomic E-state index is -4.57. The Morgan fingerprint density at radius 3 is 2.52 bits per heavy atom. The van der Waals surface area contributed by atoms with Crippen molar-refractivity contribution in [2.75, 3.05) is 35.7 Å². The van der Waals surface area contributed by atoms with E-state index >= 15 is 0 Å². The fourth-order valence-corrected chi connectivity index (χ4v) is 5.71. The minimum Gasteiger partial charge on any atom is -0.402 e. The highest BCUT2D eigenvalue weighted by Crippen LogP contribution is 2.50. The summed E-state index contributed by atoms with van der Waals surface area (Å²) in [5.74, 6) is -0.0566. The largest absolute Gasteiger partial charge is 0.417 e. The van der Waals surface area contributed by atoms with Crippen molar-refractivity contribution >= 4 is 29.0 Å². The van der Waals surface area contributed by atoms with Crippen molar-refractivity contribution in [2.24, 2.45) is 16.8 Å². The van der Waals surface area contributed by atoms with E-state index in [1.165, 1.54) is 0 Å². The van der Waals surface area contributed by atoms with E-state index in [-0.39, 0.29) is 41.2 Å². The molecule has 13 heteroatoms. The molecule has 1 saturated carbocycles. The molecule has 1 aliphatic carbocycles. The highest BCUT2D eigenvalue weighted by atomic mass is 19.4. The SMILES string of the molecule is COC1C2CN(c3cc(C(F)(F)F)cnc3-c3nnc(N[C@H]4N=C(c5ccccc5)c5ccccc5NC4=O)o3)CC21. The summed E-state index contributed by atoms with van der Waals surface area (Å²) in [6.07, 6.45) is -4.85. The van der Waals surface area contributed by atoms with E-state index in [4.69, 9.17) is 14.1 Å². The van der Waals surface area contributed by atoms with E-state index in [1.54, 1.807) is 13.2 Å². The molecule has 3 atom stereocenters. The van der Waals surface area contributed by atoms with Gasteiger partial charge in [-0.05, 0) is 12.1 Å². The number of carbonyl (C=O) groups is 1. The van der Waals surface area contributed by atoms with Crippen LogP contribution in [0.1, 0.15) is 16.7 Å². The summed E-state index contributed by atoms with van der Waals surface area (Å²) < 4.78 is 52.0. The third kappa shape index (κ3) is 4.65. The van der Waals surface area contributed by atoms with Gasteiger partial charge in [0.1, 0.15) is 0 Å². The van der Waals surface area contributed by atoms with Crippen LogP contribution in [0.15, 0.2) is 76.3 Å². The Kier molecular flexibility index (Phi) is 6.19. The predicted molar refractivity (Wildman–Crippen MR) is 147 cm³/mol. The van der Waals surface area contributed by atoms with Crippen LogP contribution in [0.3, 0.4) is 0 Å². The van der Waals surface area contributed by atoms with Gasteiger partial charge < -0.3 is 24.7 Å². The zero-order valence-electron chi connectivity index (χ0n) is 22.2. The molecule has 10 nitrogen and oxygen atoms in total. The molecule has 1 saturated heterocycles. The lowest BCUT2D eigenvalue weighted by molar-refractivity contribution is -0.137. The van der Waals surface area contributed by atoms with Gasteiger partial charge in [-0.25, -0.2) is 9.98 Å². The van der Waals surface area contributed by atoms with E-state index < -0.39 is 23.8 Å². The highest BCUT2D eigenvalue weighted by molar-refractivity contribution is 6.19. The average molecular weight is 576 g/mol. The molecule has 2 N–H and O–H groups in total. The topological polar surface area (TPSA) is 118 Å². The number of rotatable bonds is 6. The molecule has 2 aromatic carbocycles. The first-order valence-corrected chi connectivity index (χ1v) is 13.3. The van der Waals surface area contributed by atoms with Crippen LogP contribution < -0.4 is 15.5 Å². The maximum Gasteiger partial charge on any atom is 0.417 e. The molecule has 1 amide bonds. The summed E-state index contributed by atoms with van der Waals surface area (Å²) in [5.41, 5.74) is 2.21. The number of nitrogens with zero attached hydrogens (tertiary/aromatic N) is 5. The van der Waals surface area contributed by atoms with Gasteiger partial charge in [0, 0.05) is 49.4 Å². The molecule has 7 rings (SSSR count). The van der Waals surface area contributed by atoms with Gasteiger partial charge in [-0.15, -0.1) is 5.10 Å². The van der Waals surface area contributed by atoms with E-state index in [2.05, 4.69) is 25.8 Å². The van der Waals surface area contributed by atoms with E-state index in [0.717, 1.165) is 23.4 Å². The van der Waals surface area contributed by atoms with Gasteiger partial charge in [0.2, 0.25) is 6.17 Å². The summed E-state index contributed by atoms with van der Waals surface area (Å²) in [5, 5.41) is 13.8. The van der Waals surface area contributed by atoms with Crippen LogP contribution >= 0.6 is 0 Å². The number of ether oxygens (including phenoxy) is 1. The number of carbonyl (C=O) groups excluding carboxylic acids is 1. The number of benzene rings is 2. The number of benzodiazepines with no additional fused rings is 1. The monoisotopic (exact) mass is 575 g/mol. The molecule has 4 heterocycles. The highest BCUT2D eigenvalue weighted by Gasteiger charge is 2.57. The maximum absolute atomic E-state index is 13.6. The molecule has 0 spiro atoms. The van der Waals surface area contributed by atoms with Crippen molar-refractivity contribution in [3.8, 4) is 11.6 Å². The Balaban J connectivity index is 1.20. The number of aromatic nitrogens is 3. The Morgan fingerprint density at radius 2 is 1.79 bits per heavy atom. The fraction of sp³-hybridized carbons (Fsp3) is 0.276. The van der Waals surface area contributed by atoms with Crippen LogP contribution in [0.5, 0.6) is 0 Å². The van der Waals surface area contributed by atoms with Crippen LogP contribution in [-0.4, -0.2) is 59.3 Å². The van der Waals surface area contributed by atoms with Gasteiger partial charge in [0.25, 0.3) is 11.8 Å². The number of hydrogen-bond donors (Lipinski definition) is 2. The first-order chi connectivity index (χ1) is 20.3. The standard InChI is InChI=1S/C29H24F3N7O3/c1-41-24-18-13-39(14-19(18)24)21-11-16(29(30,31)32)12-33-23(21)27-37-38-28(42-27)36-25-26(40)34-20-10-6-5-9-17(20)22(35-25)15-7-3-2-4-8-15/h2-12,18-19,24-25H,13-14H2,1H3,(H,34,40)(H,36,38)/t18?,19?,24?,25-/m1/s1. The Hall–Kier alpha value is -4.78. The molecule has 0 bridgehead atoms. The molecular formula is C29H24F3N7O3. The first kappa shape index (κ1) is 26.1. The second kappa shape index (κ2) is 9.94. The smallest absolute Gasteiger partial charge is 0.402 e.